The molecule has 2 rings (SSSR count). The fourth-order valence-electron chi connectivity index (χ4n) is 1.90. The first-order chi connectivity index (χ1) is 9.51. The summed E-state index contributed by atoms with van der Waals surface area (Å²) in [5, 5.41) is 10.3. The van der Waals surface area contributed by atoms with Crippen LogP contribution in [0.5, 0.6) is 5.75 Å². The van der Waals surface area contributed by atoms with Gasteiger partial charge in [0.25, 0.3) is 0 Å². The van der Waals surface area contributed by atoms with Crippen molar-refractivity contribution in [1.82, 2.24) is 0 Å². The molecule has 0 bridgehead atoms. The largest absolute Gasteiger partial charge is 0.494 e. The standard InChI is InChI=1S/C15H13ClF2O2/c1-20-15-5-3-10(6-13(15)18)14(19)7-9-2-4-11(16)8-12(9)17/h2-6,8,14,19H,7H2,1H3. The number of halogens is 3. The predicted molar refractivity (Wildman–Crippen MR) is 73.0 cm³/mol. The first-order valence-electron chi connectivity index (χ1n) is 5.96. The predicted octanol–water partition coefficient (Wildman–Crippen LogP) is 3.90. The van der Waals surface area contributed by atoms with Crippen LogP contribution in [0.15, 0.2) is 36.4 Å². The third kappa shape index (κ3) is 3.26. The van der Waals surface area contributed by atoms with Crippen LogP contribution in [0.25, 0.3) is 0 Å². The van der Waals surface area contributed by atoms with Crippen molar-refractivity contribution in [3.8, 4) is 5.75 Å². The van der Waals surface area contributed by atoms with E-state index in [1.165, 1.54) is 31.4 Å². The van der Waals surface area contributed by atoms with E-state index >= 15 is 0 Å². The molecule has 1 N–H and O–H groups in total. The van der Waals surface area contributed by atoms with E-state index in [-0.39, 0.29) is 17.2 Å². The maximum absolute atomic E-state index is 13.6. The second-order valence-corrected chi connectivity index (χ2v) is 4.79. The molecule has 0 amide bonds. The molecule has 0 aliphatic carbocycles. The Balaban J connectivity index is 2.19. The van der Waals surface area contributed by atoms with Crippen LogP contribution in [0.3, 0.4) is 0 Å². The highest BCUT2D eigenvalue weighted by Gasteiger charge is 2.14. The summed E-state index contributed by atoms with van der Waals surface area (Å²) in [7, 11) is 1.36. The van der Waals surface area contributed by atoms with Crippen LogP contribution >= 0.6 is 11.6 Å². The first kappa shape index (κ1) is 14.8. The van der Waals surface area contributed by atoms with Crippen molar-refractivity contribution in [3.63, 3.8) is 0 Å². The maximum atomic E-state index is 13.6. The molecule has 0 aromatic heterocycles. The molecule has 0 aliphatic heterocycles. The van der Waals surface area contributed by atoms with Gasteiger partial charge in [0.05, 0.1) is 13.2 Å². The summed E-state index contributed by atoms with van der Waals surface area (Å²) in [5.74, 6) is -0.968. The molecular formula is C15H13ClF2O2. The summed E-state index contributed by atoms with van der Waals surface area (Å²) in [6, 6.07) is 8.37. The van der Waals surface area contributed by atoms with E-state index in [0.717, 1.165) is 0 Å². The highest BCUT2D eigenvalue weighted by atomic mass is 35.5. The minimum absolute atomic E-state index is 0.0365. The van der Waals surface area contributed by atoms with Gasteiger partial charge in [-0.15, -0.1) is 0 Å². The van der Waals surface area contributed by atoms with Crippen LogP contribution in [-0.4, -0.2) is 12.2 Å². The van der Waals surface area contributed by atoms with Gasteiger partial charge in [-0.1, -0.05) is 23.7 Å². The maximum Gasteiger partial charge on any atom is 0.165 e. The Morgan fingerprint density at radius 3 is 2.50 bits per heavy atom. The molecule has 106 valence electrons. The molecular weight excluding hydrogens is 286 g/mol. The van der Waals surface area contributed by atoms with Gasteiger partial charge < -0.3 is 9.84 Å². The van der Waals surface area contributed by atoms with E-state index in [4.69, 9.17) is 16.3 Å². The SMILES string of the molecule is COc1ccc(C(O)Cc2ccc(Cl)cc2F)cc1F. The highest BCUT2D eigenvalue weighted by molar-refractivity contribution is 6.30. The van der Waals surface area contributed by atoms with E-state index in [0.29, 0.717) is 11.1 Å². The Hall–Kier alpha value is -1.65. The molecule has 0 aliphatic rings. The van der Waals surface area contributed by atoms with Crippen molar-refractivity contribution in [2.45, 2.75) is 12.5 Å². The molecule has 0 heterocycles. The summed E-state index contributed by atoms with van der Waals surface area (Å²) < 4.78 is 32.0. The van der Waals surface area contributed by atoms with Crippen LogP contribution in [-0.2, 0) is 6.42 Å². The van der Waals surface area contributed by atoms with Crippen LogP contribution in [0, 0.1) is 11.6 Å². The molecule has 20 heavy (non-hydrogen) atoms. The second kappa shape index (κ2) is 6.20. The Bertz CT molecular complexity index is 617. The Labute approximate surface area is 120 Å². The molecule has 0 saturated carbocycles. The van der Waals surface area contributed by atoms with Crippen molar-refractivity contribution in [3.05, 3.63) is 64.2 Å². The minimum Gasteiger partial charge on any atom is -0.494 e. The first-order valence-corrected chi connectivity index (χ1v) is 6.34. The van der Waals surface area contributed by atoms with Gasteiger partial charge in [-0.2, -0.15) is 0 Å². The fraction of sp³-hybridized carbons (Fsp3) is 0.200. The molecule has 1 unspecified atom stereocenters. The van der Waals surface area contributed by atoms with Gasteiger partial charge in [-0.05, 0) is 35.4 Å². The number of ether oxygens (including phenoxy) is 1. The van der Waals surface area contributed by atoms with Crippen LogP contribution in [0.2, 0.25) is 5.02 Å². The monoisotopic (exact) mass is 298 g/mol. The van der Waals surface area contributed by atoms with Crippen molar-refractivity contribution in [2.75, 3.05) is 7.11 Å². The van der Waals surface area contributed by atoms with E-state index < -0.39 is 17.7 Å². The van der Waals surface area contributed by atoms with Crippen molar-refractivity contribution in [1.29, 1.82) is 0 Å². The molecule has 0 radical (unpaired) electrons. The van der Waals surface area contributed by atoms with Crippen molar-refractivity contribution >= 4 is 11.6 Å². The summed E-state index contributed by atoms with van der Waals surface area (Å²) in [6.45, 7) is 0. The highest BCUT2D eigenvalue weighted by Crippen LogP contribution is 2.25. The van der Waals surface area contributed by atoms with Gasteiger partial charge in [-0.3, -0.25) is 0 Å². The smallest absolute Gasteiger partial charge is 0.165 e. The fourth-order valence-corrected chi connectivity index (χ4v) is 2.06. The number of aliphatic hydroxyl groups excluding tert-OH is 1. The van der Waals surface area contributed by atoms with E-state index in [1.807, 2.05) is 0 Å². The van der Waals surface area contributed by atoms with Gasteiger partial charge in [-0.25, -0.2) is 8.78 Å². The molecule has 5 heteroatoms. The Kier molecular flexibility index (Phi) is 4.57. The lowest BCUT2D eigenvalue weighted by atomic mass is 10.0. The minimum atomic E-state index is -1.01. The van der Waals surface area contributed by atoms with E-state index in [9.17, 15) is 13.9 Å². The van der Waals surface area contributed by atoms with Crippen molar-refractivity contribution in [2.24, 2.45) is 0 Å². The van der Waals surface area contributed by atoms with Gasteiger partial charge in [0.2, 0.25) is 0 Å². The zero-order chi connectivity index (χ0) is 14.7. The number of hydrogen-bond acceptors (Lipinski definition) is 2. The lowest BCUT2D eigenvalue weighted by molar-refractivity contribution is 0.176. The van der Waals surface area contributed by atoms with Crippen molar-refractivity contribution < 1.29 is 18.6 Å². The Morgan fingerprint density at radius 1 is 1.15 bits per heavy atom. The van der Waals surface area contributed by atoms with E-state index in [1.54, 1.807) is 12.1 Å². The van der Waals surface area contributed by atoms with Crippen LogP contribution in [0.1, 0.15) is 17.2 Å². The molecule has 0 fully saturated rings. The third-order valence-corrected chi connectivity index (χ3v) is 3.22. The lowest BCUT2D eigenvalue weighted by Gasteiger charge is -2.13. The average Bonchev–Trinajstić information content (AvgIpc) is 2.41. The summed E-state index contributed by atoms with van der Waals surface area (Å²) >= 11 is 5.66. The number of methoxy groups -OCH3 is 1. The van der Waals surface area contributed by atoms with Gasteiger partial charge in [0, 0.05) is 11.4 Å². The summed E-state index contributed by atoms with van der Waals surface area (Å²) in [4.78, 5) is 0. The quantitative estimate of drug-likeness (QED) is 0.927. The Morgan fingerprint density at radius 2 is 1.90 bits per heavy atom. The van der Waals surface area contributed by atoms with Crippen LogP contribution in [0.4, 0.5) is 8.78 Å². The summed E-state index contributed by atoms with van der Waals surface area (Å²) in [6.07, 6.45) is -0.972. The summed E-state index contributed by atoms with van der Waals surface area (Å²) in [5.41, 5.74) is 0.677. The molecule has 2 aromatic carbocycles. The second-order valence-electron chi connectivity index (χ2n) is 4.35. The molecule has 0 saturated heterocycles. The van der Waals surface area contributed by atoms with Gasteiger partial charge in [0.1, 0.15) is 5.82 Å². The van der Waals surface area contributed by atoms with Gasteiger partial charge in [0.15, 0.2) is 11.6 Å². The topological polar surface area (TPSA) is 29.5 Å². The lowest BCUT2D eigenvalue weighted by Crippen LogP contribution is -2.04. The third-order valence-electron chi connectivity index (χ3n) is 2.99. The number of hydrogen-bond donors (Lipinski definition) is 1. The average molecular weight is 299 g/mol. The molecule has 0 spiro atoms. The number of rotatable bonds is 4. The molecule has 1 atom stereocenters. The zero-order valence-corrected chi connectivity index (χ0v) is 11.5. The zero-order valence-electron chi connectivity index (χ0n) is 10.7. The van der Waals surface area contributed by atoms with E-state index in [2.05, 4.69) is 0 Å². The molecule has 2 nitrogen and oxygen atoms in total. The number of aliphatic hydroxyl groups is 1. The number of benzene rings is 2. The van der Waals surface area contributed by atoms with Gasteiger partial charge >= 0.3 is 0 Å². The van der Waals surface area contributed by atoms with Crippen LogP contribution < -0.4 is 4.74 Å². The normalized spacial score (nSPS) is 12.2. The molecule has 2 aromatic rings.